The quantitative estimate of drug-likeness (QED) is 0.426. The summed E-state index contributed by atoms with van der Waals surface area (Å²) in [6.45, 7) is 3.90. The minimum Gasteiger partial charge on any atom is -0.497 e. The SMILES string of the molecule is COc1ccc(CCC(=O)Nc2ccc(Oc3cc(-n4nc(C)cc4C)ncn3)cc2)cc1. The van der Waals surface area contributed by atoms with Crippen LogP contribution in [0.15, 0.2) is 67.0 Å². The Hall–Kier alpha value is -4.20. The van der Waals surface area contributed by atoms with Crippen LogP contribution in [0.2, 0.25) is 0 Å². The third kappa shape index (κ3) is 5.74. The predicted octanol–water partition coefficient (Wildman–Crippen LogP) is 4.65. The second kappa shape index (κ2) is 9.95. The number of nitrogens with one attached hydrogen (secondary N) is 1. The van der Waals surface area contributed by atoms with Crippen LogP contribution >= 0.6 is 0 Å². The average Bonchev–Trinajstić information content (AvgIpc) is 3.17. The normalized spacial score (nSPS) is 10.6. The molecule has 4 rings (SSSR count). The summed E-state index contributed by atoms with van der Waals surface area (Å²) in [5, 5.41) is 7.34. The Morgan fingerprint density at radius 3 is 2.36 bits per heavy atom. The Morgan fingerprint density at radius 2 is 1.70 bits per heavy atom. The molecule has 0 aliphatic rings. The number of aromatic nitrogens is 4. The van der Waals surface area contributed by atoms with Gasteiger partial charge in [-0.25, -0.2) is 14.6 Å². The van der Waals surface area contributed by atoms with E-state index in [2.05, 4.69) is 20.4 Å². The first-order valence-electron chi connectivity index (χ1n) is 10.6. The lowest BCUT2D eigenvalue weighted by molar-refractivity contribution is -0.116. The Morgan fingerprint density at radius 1 is 0.970 bits per heavy atom. The minimum absolute atomic E-state index is 0.0511. The van der Waals surface area contributed by atoms with Gasteiger partial charge in [-0.2, -0.15) is 5.10 Å². The van der Waals surface area contributed by atoms with Crippen molar-refractivity contribution in [1.29, 1.82) is 0 Å². The van der Waals surface area contributed by atoms with Crippen LogP contribution in [0.1, 0.15) is 23.4 Å². The molecular weight excluding hydrogens is 418 g/mol. The maximum Gasteiger partial charge on any atom is 0.224 e. The molecule has 33 heavy (non-hydrogen) atoms. The van der Waals surface area contributed by atoms with Gasteiger partial charge in [-0.1, -0.05) is 12.1 Å². The summed E-state index contributed by atoms with van der Waals surface area (Å²) in [5.74, 6) is 2.39. The summed E-state index contributed by atoms with van der Waals surface area (Å²) >= 11 is 0. The highest BCUT2D eigenvalue weighted by molar-refractivity contribution is 5.90. The lowest BCUT2D eigenvalue weighted by Gasteiger charge is -2.09. The van der Waals surface area contributed by atoms with Gasteiger partial charge in [0.05, 0.1) is 12.8 Å². The number of carbonyl (C=O) groups is 1. The third-order valence-electron chi connectivity index (χ3n) is 5.01. The highest BCUT2D eigenvalue weighted by Gasteiger charge is 2.09. The number of amides is 1. The molecule has 1 amide bonds. The van der Waals surface area contributed by atoms with Crippen molar-refractivity contribution in [2.75, 3.05) is 12.4 Å². The van der Waals surface area contributed by atoms with Crippen LogP contribution in [0.25, 0.3) is 5.82 Å². The van der Waals surface area contributed by atoms with E-state index >= 15 is 0 Å². The zero-order valence-electron chi connectivity index (χ0n) is 18.8. The molecule has 0 unspecified atom stereocenters. The number of benzene rings is 2. The number of rotatable bonds is 8. The second-order valence-electron chi connectivity index (χ2n) is 7.58. The lowest BCUT2D eigenvalue weighted by Crippen LogP contribution is -2.12. The fourth-order valence-corrected chi connectivity index (χ4v) is 3.36. The van der Waals surface area contributed by atoms with Gasteiger partial charge in [0.15, 0.2) is 5.82 Å². The Labute approximate surface area is 192 Å². The molecule has 0 radical (unpaired) electrons. The number of ether oxygens (including phenoxy) is 2. The fourth-order valence-electron chi connectivity index (χ4n) is 3.36. The molecule has 0 aliphatic carbocycles. The Kier molecular flexibility index (Phi) is 6.64. The van der Waals surface area contributed by atoms with E-state index in [1.165, 1.54) is 6.33 Å². The first kappa shape index (κ1) is 22.0. The summed E-state index contributed by atoms with van der Waals surface area (Å²) in [4.78, 5) is 20.7. The molecule has 2 heterocycles. The molecule has 0 aliphatic heterocycles. The molecule has 0 bridgehead atoms. The first-order chi connectivity index (χ1) is 16.0. The zero-order valence-corrected chi connectivity index (χ0v) is 18.8. The van der Waals surface area contributed by atoms with E-state index in [9.17, 15) is 4.79 Å². The molecule has 8 heteroatoms. The van der Waals surface area contributed by atoms with E-state index in [-0.39, 0.29) is 5.91 Å². The number of hydrogen-bond acceptors (Lipinski definition) is 6. The Balaban J connectivity index is 1.33. The van der Waals surface area contributed by atoms with Crippen LogP contribution in [0.4, 0.5) is 5.69 Å². The van der Waals surface area contributed by atoms with Crippen molar-refractivity contribution in [3.8, 4) is 23.2 Å². The van der Waals surface area contributed by atoms with Gasteiger partial charge >= 0.3 is 0 Å². The lowest BCUT2D eigenvalue weighted by atomic mass is 10.1. The van der Waals surface area contributed by atoms with Gasteiger partial charge < -0.3 is 14.8 Å². The number of hydrogen-bond donors (Lipinski definition) is 1. The summed E-state index contributed by atoms with van der Waals surface area (Å²) in [5.41, 5.74) is 3.67. The van der Waals surface area contributed by atoms with E-state index in [0.29, 0.717) is 36.0 Å². The molecule has 2 aromatic carbocycles. The molecule has 0 spiro atoms. The summed E-state index contributed by atoms with van der Waals surface area (Å²) in [7, 11) is 1.63. The van der Waals surface area contributed by atoms with Crippen LogP contribution in [-0.2, 0) is 11.2 Å². The number of aryl methyl sites for hydroxylation is 3. The van der Waals surface area contributed by atoms with E-state index in [4.69, 9.17) is 9.47 Å². The largest absolute Gasteiger partial charge is 0.497 e. The number of anilines is 1. The second-order valence-corrected chi connectivity index (χ2v) is 7.58. The highest BCUT2D eigenvalue weighted by Crippen LogP contribution is 2.23. The van der Waals surface area contributed by atoms with Gasteiger partial charge in [0.1, 0.15) is 17.8 Å². The summed E-state index contributed by atoms with van der Waals surface area (Å²) in [6, 6.07) is 18.6. The molecule has 4 aromatic rings. The van der Waals surface area contributed by atoms with Crippen molar-refractivity contribution in [3.63, 3.8) is 0 Å². The molecule has 0 atom stereocenters. The molecular formula is C25H25N5O3. The molecule has 2 aromatic heterocycles. The van der Waals surface area contributed by atoms with Crippen molar-refractivity contribution in [3.05, 3.63) is 83.9 Å². The van der Waals surface area contributed by atoms with Crippen molar-refractivity contribution in [2.45, 2.75) is 26.7 Å². The van der Waals surface area contributed by atoms with Gasteiger partial charge in [0.2, 0.25) is 11.8 Å². The first-order valence-corrected chi connectivity index (χ1v) is 10.6. The van der Waals surface area contributed by atoms with Crippen LogP contribution in [0.5, 0.6) is 17.4 Å². The van der Waals surface area contributed by atoms with E-state index < -0.39 is 0 Å². The third-order valence-corrected chi connectivity index (χ3v) is 5.01. The highest BCUT2D eigenvalue weighted by atomic mass is 16.5. The van der Waals surface area contributed by atoms with Crippen molar-refractivity contribution in [2.24, 2.45) is 0 Å². The summed E-state index contributed by atoms with van der Waals surface area (Å²) < 4.78 is 12.8. The van der Waals surface area contributed by atoms with Crippen molar-refractivity contribution in [1.82, 2.24) is 19.7 Å². The topological polar surface area (TPSA) is 91.2 Å². The van der Waals surface area contributed by atoms with Gasteiger partial charge in [0.25, 0.3) is 0 Å². The van der Waals surface area contributed by atoms with E-state index in [1.54, 1.807) is 42.1 Å². The molecule has 1 N–H and O–H groups in total. The summed E-state index contributed by atoms with van der Waals surface area (Å²) in [6.07, 6.45) is 2.49. The monoisotopic (exact) mass is 443 g/mol. The van der Waals surface area contributed by atoms with Crippen LogP contribution in [-0.4, -0.2) is 32.8 Å². The molecule has 168 valence electrons. The molecule has 8 nitrogen and oxygen atoms in total. The van der Waals surface area contributed by atoms with Gasteiger partial charge in [-0.05, 0) is 68.3 Å². The number of carbonyl (C=O) groups excluding carboxylic acids is 1. The van der Waals surface area contributed by atoms with Crippen LogP contribution in [0, 0.1) is 13.8 Å². The van der Waals surface area contributed by atoms with Gasteiger partial charge in [-0.3, -0.25) is 4.79 Å². The van der Waals surface area contributed by atoms with Crippen molar-refractivity contribution >= 4 is 11.6 Å². The standard InChI is InChI=1S/C25H25N5O3/c1-17-14-18(2)30(29-17)23-15-25(27-16-26-23)33-22-11-7-20(8-12-22)28-24(31)13-6-19-4-9-21(32-3)10-5-19/h4-5,7-12,14-16H,6,13H2,1-3H3,(H,28,31). The van der Waals surface area contributed by atoms with Crippen LogP contribution < -0.4 is 14.8 Å². The smallest absolute Gasteiger partial charge is 0.224 e. The number of methoxy groups -OCH3 is 1. The van der Waals surface area contributed by atoms with Gasteiger partial charge in [-0.15, -0.1) is 0 Å². The fraction of sp³-hybridized carbons (Fsp3) is 0.200. The van der Waals surface area contributed by atoms with Gasteiger partial charge in [0, 0.05) is 23.9 Å². The van der Waals surface area contributed by atoms with Crippen LogP contribution in [0.3, 0.4) is 0 Å². The average molecular weight is 444 g/mol. The zero-order chi connectivity index (χ0) is 23.2. The van der Waals surface area contributed by atoms with E-state index in [0.717, 1.165) is 22.7 Å². The Bertz CT molecular complexity index is 1230. The maximum absolute atomic E-state index is 12.3. The van der Waals surface area contributed by atoms with Crippen molar-refractivity contribution < 1.29 is 14.3 Å². The molecule has 0 fully saturated rings. The molecule has 0 saturated carbocycles. The maximum atomic E-state index is 12.3. The molecule has 0 saturated heterocycles. The minimum atomic E-state index is -0.0511. The number of nitrogens with zero attached hydrogens (tertiary/aromatic N) is 4. The predicted molar refractivity (Wildman–Crippen MR) is 125 cm³/mol. The van der Waals surface area contributed by atoms with E-state index in [1.807, 2.05) is 44.2 Å².